The second-order valence-corrected chi connectivity index (χ2v) is 6.61. The van der Waals surface area contributed by atoms with Crippen LogP contribution in [-0.2, 0) is 0 Å². The lowest BCUT2D eigenvalue weighted by atomic mass is 10.1. The van der Waals surface area contributed by atoms with Crippen LogP contribution in [0, 0.1) is 13.8 Å². The van der Waals surface area contributed by atoms with E-state index in [9.17, 15) is 0 Å². The highest BCUT2D eigenvalue weighted by Crippen LogP contribution is 2.27. The minimum atomic E-state index is 0.519. The molecule has 134 valence electrons. The SMILES string of the molecule is COc1ccc(OCCN(C)C(=S)Nc2c(C)cc(C)cc2Cl)cc1. The fourth-order valence-corrected chi connectivity index (χ4v) is 2.91. The van der Waals surface area contributed by atoms with Crippen LogP contribution < -0.4 is 14.8 Å². The molecule has 0 atom stereocenters. The Labute approximate surface area is 159 Å². The van der Waals surface area contributed by atoms with Crippen molar-refractivity contribution in [2.45, 2.75) is 13.8 Å². The van der Waals surface area contributed by atoms with Crippen molar-refractivity contribution in [3.8, 4) is 11.5 Å². The van der Waals surface area contributed by atoms with E-state index in [4.69, 9.17) is 33.3 Å². The maximum Gasteiger partial charge on any atom is 0.173 e. The smallest absolute Gasteiger partial charge is 0.173 e. The zero-order valence-corrected chi connectivity index (χ0v) is 16.5. The average Bonchev–Trinajstić information content (AvgIpc) is 2.58. The number of likely N-dealkylation sites (N-methyl/N-ethyl adjacent to an activating group) is 1. The molecule has 25 heavy (non-hydrogen) atoms. The van der Waals surface area contributed by atoms with Gasteiger partial charge in [-0.3, -0.25) is 0 Å². The Morgan fingerprint density at radius 2 is 1.80 bits per heavy atom. The number of thiocarbonyl (C=S) groups is 1. The van der Waals surface area contributed by atoms with E-state index in [-0.39, 0.29) is 0 Å². The second-order valence-electron chi connectivity index (χ2n) is 5.81. The summed E-state index contributed by atoms with van der Waals surface area (Å²) in [7, 11) is 3.56. The zero-order valence-electron chi connectivity index (χ0n) is 14.9. The highest BCUT2D eigenvalue weighted by atomic mass is 35.5. The van der Waals surface area contributed by atoms with Gasteiger partial charge in [0.15, 0.2) is 5.11 Å². The van der Waals surface area contributed by atoms with Crippen molar-refractivity contribution in [3.63, 3.8) is 0 Å². The molecule has 0 spiro atoms. The van der Waals surface area contributed by atoms with Gasteiger partial charge in [0.25, 0.3) is 0 Å². The first kappa shape index (κ1) is 19.3. The topological polar surface area (TPSA) is 33.7 Å². The third-order valence-electron chi connectivity index (χ3n) is 3.77. The molecule has 2 rings (SSSR count). The Balaban J connectivity index is 1.86. The van der Waals surface area contributed by atoms with Gasteiger partial charge < -0.3 is 19.7 Å². The number of hydrogen-bond acceptors (Lipinski definition) is 3. The molecule has 2 aromatic carbocycles. The predicted octanol–water partition coefficient (Wildman–Crippen LogP) is 4.67. The lowest BCUT2D eigenvalue weighted by molar-refractivity contribution is 0.285. The Kier molecular flexibility index (Phi) is 6.91. The first-order valence-electron chi connectivity index (χ1n) is 7.96. The van der Waals surface area contributed by atoms with Gasteiger partial charge in [0.2, 0.25) is 0 Å². The highest BCUT2D eigenvalue weighted by Gasteiger charge is 2.10. The molecule has 0 saturated carbocycles. The third-order valence-corrected chi connectivity index (χ3v) is 4.48. The number of rotatable bonds is 6. The van der Waals surface area contributed by atoms with Crippen LogP contribution in [0.3, 0.4) is 0 Å². The molecular weight excluding hydrogens is 356 g/mol. The Bertz CT molecular complexity index is 712. The van der Waals surface area contributed by atoms with Crippen LogP contribution in [0.25, 0.3) is 0 Å². The molecule has 1 N–H and O–H groups in total. The summed E-state index contributed by atoms with van der Waals surface area (Å²) >= 11 is 11.8. The summed E-state index contributed by atoms with van der Waals surface area (Å²) in [6, 6.07) is 11.5. The number of hydrogen-bond donors (Lipinski definition) is 1. The van der Waals surface area contributed by atoms with Gasteiger partial charge in [0.1, 0.15) is 18.1 Å². The van der Waals surface area contributed by atoms with Crippen LogP contribution in [0.15, 0.2) is 36.4 Å². The summed E-state index contributed by atoms with van der Waals surface area (Å²) in [4.78, 5) is 1.93. The average molecular weight is 379 g/mol. The lowest BCUT2D eigenvalue weighted by Crippen LogP contribution is -2.34. The first-order chi connectivity index (χ1) is 11.9. The van der Waals surface area contributed by atoms with Crippen LogP contribution in [0.2, 0.25) is 5.02 Å². The number of ether oxygens (including phenoxy) is 2. The van der Waals surface area contributed by atoms with Crippen LogP contribution >= 0.6 is 23.8 Å². The van der Waals surface area contributed by atoms with E-state index in [1.807, 2.05) is 56.1 Å². The standard InChI is InChI=1S/C19H23ClN2O2S/c1-13-11-14(2)18(17(20)12-13)21-19(25)22(3)9-10-24-16-7-5-15(23-4)6-8-16/h5-8,11-12H,9-10H2,1-4H3,(H,21,25). The van der Waals surface area contributed by atoms with Gasteiger partial charge in [-0.15, -0.1) is 0 Å². The largest absolute Gasteiger partial charge is 0.497 e. The summed E-state index contributed by atoms with van der Waals surface area (Å²) in [5.74, 6) is 1.60. The monoisotopic (exact) mass is 378 g/mol. The van der Waals surface area contributed by atoms with Gasteiger partial charge in [-0.05, 0) is 67.5 Å². The molecule has 0 radical (unpaired) electrons. The molecule has 2 aromatic rings. The predicted molar refractivity (Wildman–Crippen MR) is 108 cm³/mol. The number of aryl methyl sites for hydroxylation is 2. The van der Waals surface area contributed by atoms with Crippen LogP contribution in [-0.4, -0.2) is 37.3 Å². The van der Waals surface area contributed by atoms with Crippen molar-refractivity contribution in [1.29, 1.82) is 0 Å². The number of methoxy groups -OCH3 is 1. The van der Waals surface area contributed by atoms with E-state index >= 15 is 0 Å². The summed E-state index contributed by atoms with van der Waals surface area (Å²) in [6.07, 6.45) is 0. The third kappa shape index (κ3) is 5.51. The van der Waals surface area contributed by atoms with Gasteiger partial charge >= 0.3 is 0 Å². The van der Waals surface area contributed by atoms with Crippen molar-refractivity contribution < 1.29 is 9.47 Å². The van der Waals surface area contributed by atoms with Crippen molar-refractivity contribution >= 4 is 34.6 Å². The van der Waals surface area contributed by atoms with Gasteiger partial charge in [-0.1, -0.05) is 17.7 Å². The molecular formula is C19H23ClN2O2S. The van der Waals surface area contributed by atoms with Gasteiger partial charge in [-0.25, -0.2) is 0 Å². The Hall–Kier alpha value is -1.98. The molecule has 0 aromatic heterocycles. The van der Waals surface area contributed by atoms with E-state index in [1.165, 1.54) is 0 Å². The molecule has 0 bridgehead atoms. The molecule has 0 unspecified atom stereocenters. The molecule has 0 fully saturated rings. The van der Waals surface area contributed by atoms with E-state index in [0.717, 1.165) is 28.3 Å². The normalized spacial score (nSPS) is 10.3. The maximum absolute atomic E-state index is 6.32. The van der Waals surface area contributed by atoms with E-state index in [0.29, 0.717) is 23.3 Å². The maximum atomic E-state index is 6.32. The van der Waals surface area contributed by atoms with Crippen molar-refractivity contribution in [3.05, 3.63) is 52.5 Å². The lowest BCUT2D eigenvalue weighted by Gasteiger charge is -2.22. The number of anilines is 1. The number of halogens is 1. The van der Waals surface area contributed by atoms with E-state index in [2.05, 4.69) is 11.4 Å². The Morgan fingerprint density at radius 1 is 1.16 bits per heavy atom. The zero-order chi connectivity index (χ0) is 18.4. The van der Waals surface area contributed by atoms with Gasteiger partial charge in [-0.2, -0.15) is 0 Å². The summed E-state index contributed by atoms with van der Waals surface area (Å²) in [5.41, 5.74) is 3.04. The van der Waals surface area contributed by atoms with Gasteiger partial charge in [0, 0.05) is 7.05 Å². The molecule has 4 nitrogen and oxygen atoms in total. The fourth-order valence-electron chi connectivity index (χ4n) is 2.35. The van der Waals surface area contributed by atoms with E-state index in [1.54, 1.807) is 7.11 Å². The highest BCUT2D eigenvalue weighted by molar-refractivity contribution is 7.80. The Morgan fingerprint density at radius 3 is 2.40 bits per heavy atom. The minimum absolute atomic E-state index is 0.519. The molecule has 0 amide bonds. The van der Waals surface area contributed by atoms with Crippen LogP contribution in [0.1, 0.15) is 11.1 Å². The van der Waals surface area contributed by atoms with Crippen LogP contribution in [0.5, 0.6) is 11.5 Å². The summed E-state index contributed by atoms with van der Waals surface area (Å²) < 4.78 is 10.9. The molecule has 0 saturated heterocycles. The van der Waals surface area contributed by atoms with Crippen molar-refractivity contribution in [1.82, 2.24) is 4.90 Å². The number of nitrogens with one attached hydrogen (secondary N) is 1. The number of benzene rings is 2. The quantitative estimate of drug-likeness (QED) is 0.738. The molecule has 0 heterocycles. The molecule has 6 heteroatoms. The molecule has 0 aliphatic carbocycles. The minimum Gasteiger partial charge on any atom is -0.497 e. The van der Waals surface area contributed by atoms with Gasteiger partial charge in [0.05, 0.1) is 24.4 Å². The summed E-state index contributed by atoms with van der Waals surface area (Å²) in [5, 5.41) is 4.50. The second kappa shape index (κ2) is 8.92. The molecule has 0 aliphatic rings. The van der Waals surface area contributed by atoms with E-state index < -0.39 is 0 Å². The first-order valence-corrected chi connectivity index (χ1v) is 8.75. The van der Waals surface area contributed by atoms with Crippen molar-refractivity contribution in [2.75, 3.05) is 32.6 Å². The molecule has 0 aliphatic heterocycles. The summed E-state index contributed by atoms with van der Waals surface area (Å²) in [6.45, 7) is 5.20. The fraction of sp³-hybridized carbons (Fsp3) is 0.316. The van der Waals surface area contributed by atoms with Crippen LogP contribution in [0.4, 0.5) is 5.69 Å². The number of nitrogens with zero attached hydrogens (tertiary/aromatic N) is 1. The van der Waals surface area contributed by atoms with Crippen molar-refractivity contribution in [2.24, 2.45) is 0 Å².